The Bertz CT molecular complexity index is 193. The van der Waals surface area contributed by atoms with Crippen LogP contribution in [0, 0.1) is 5.92 Å². The third kappa shape index (κ3) is 9.32. The van der Waals surface area contributed by atoms with E-state index < -0.39 is 36.1 Å². The minimum Gasteiger partial charge on any atom is -0.238 e. The van der Waals surface area contributed by atoms with Crippen molar-refractivity contribution < 1.29 is 21.1 Å². The molecule has 0 radical (unpaired) electrons. The molecule has 0 nitrogen and oxygen atoms in total. The van der Waals surface area contributed by atoms with E-state index in [-0.39, 0.29) is 6.42 Å². The zero-order valence-corrected chi connectivity index (χ0v) is 12.1. The standard InChI is InChI=1S/C9H19F5Si2/c1-3-5-9(10,11)15-6-4-8(2)7-16(12,13)14/h8H,3-7,15H2,1-2H3. The molecule has 0 saturated heterocycles. The van der Waals surface area contributed by atoms with Crippen molar-refractivity contribution in [3.63, 3.8) is 0 Å². The van der Waals surface area contributed by atoms with Crippen LogP contribution in [0.5, 0.6) is 0 Å². The van der Waals surface area contributed by atoms with Gasteiger partial charge in [-0.3, -0.25) is 0 Å². The van der Waals surface area contributed by atoms with E-state index in [1.807, 2.05) is 0 Å². The van der Waals surface area contributed by atoms with Crippen LogP contribution in [0.15, 0.2) is 0 Å². The topological polar surface area (TPSA) is 0 Å². The average molecular weight is 278 g/mol. The predicted octanol–water partition coefficient (Wildman–Crippen LogP) is 3.84. The van der Waals surface area contributed by atoms with E-state index in [4.69, 9.17) is 0 Å². The number of hydrogen-bond donors (Lipinski definition) is 0. The van der Waals surface area contributed by atoms with Crippen LogP contribution in [0.2, 0.25) is 12.1 Å². The molecule has 0 N–H and O–H groups in total. The Kier molecular flexibility index (Phi) is 6.77. The smallest absolute Gasteiger partial charge is 0.238 e. The quantitative estimate of drug-likeness (QED) is 0.359. The lowest BCUT2D eigenvalue weighted by molar-refractivity contribution is 0.0793. The summed E-state index contributed by atoms with van der Waals surface area (Å²) in [5.74, 6) is -0.475. The van der Waals surface area contributed by atoms with Gasteiger partial charge in [0.05, 0.1) is 0 Å². The van der Waals surface area contributed by atoms with Crippen LogP contribution in [0.25, 0.3) is 0 Å². The van der Waals surface area contributed by atoms with Crippen LogP contribution in [0.4, 0.5) is 21.1 Å². The minimum absolute atomic E-state index is 0.109. The summed E-state index contributed by atoms with van der Waals surface area (Å²) >= 11 is 0. The molecule has 0 bridgehead atoms. The van der Waals surface area contributed by atoms with Gasteiger partial charge in [0.1, 0.15) is 9.52 Å². The fourth-order valence-electron chi connectivity index (χ4n) is 1.70. The van der Waals surface area contributed by atoms with Crippen molar-refractivity contribution in [3.05, 3.63) is 0 Å². The van der Waals surface area contributed by atoms with Crippen molar-refractivity contribution in [1.82, 2.24) is 0 Å². The van der Waals surface area contributed by atoms with Crippen molar-refractivity contribution in [3.8, 4) is 0 Å². The largest absolute Gasteiger partial charge is 0.616 e. The van der Waals surface area contributed by atoms with E-state index in [1.165, 1.54) is 6.92 Å². The average Bonchev–Trinajstić information content (AvgIpc) is 1.99. The number of halogens is 5. The van der Waals surface area contributed by atoms with Gasteiger partial charge in [0.15, 0.2) is 0 Å². The van der Waals surface area contributed by atoms with Crippen LogP contribution in [-0.2, 0) is 0 Å². The summed E-state index contributed by atoms with van der Waals surface area (Å²) in [7, 11) is -7.06. The van der Waals surface area contributed by atoms with Crippen LogP contribution < -0.4 is 0 Å². The molecule has 16 heavy (non-hydrogen) atoms. The molecule has 0 aromatic heterocycles. The molecule has 0 spiro atoms. The molecule has 0 amide bonds. The van der Waals surface area contributed by atoms with Gasteiger partial charge in [-0.25, -0.2) is 21.1 Å². The normalized spacial score (nSPS) is 15.9. The first kappa shape index (κ1) is 16.1. The molecular weight excluding hydrogens is 259 g/mol. The van der Waals surface area contributed by atoms with Gasteiger partial charge in [-0.05, 0) is 5.92 Å². The fraction of sp³-hybridized carbons (Fsp3) is 1.00. The molecule has 0 aliphatic rings. The van der Waals surface area contributed by atoms with Crippen molar-refractivity contribution in [1.29, 1.82) is 0 Å². The van der Waals surface area contributed by atoms with Crippen LogP contribution >= 0.6 is 0 Å². The van der Waals surface area contributed by atoms with Crippen molar-refractivity contribution in [2.75, 3.05) is 0 Å². The van der Waals surface area contributed by atoms with Gasteiger partial charge in [0.2, 0.25) is 5.55 Å². The Morgan fingerprint density at radius 2 is 1.81 bits per heavy atom. The summed E-state index contributed by atoms with van der Waals surface area (Å²) in [6, 6.07) is -0.403. The lowest BCUT2D eigenvalue weighted by atomic mass is 10.2. The van der Waals surface area contributed by atoms with E-state index in [9.17, 15) is 21.1 Å². The van der Waals surface area contributed by atoms with E-state index in [1.54, 1.807) is 6.92 Å². The highest BCUT2D eigenvalue weighted by Crippen LogP contribution is 2.26. The summed E-state index contributed by atoms with van der Waals surface area (Å²) in [6.45, 7) is 3.20. The van der Waals surface area contributed by atoms with Crippen LogP contribution in [-0.4, -0.2) is 24.1 Å². The first-order valence-electron chi connectivity index (χ1n) is 5.61. The maximum absolute atomic E-state index is 13.1. The molecule has 7 heteroatoms. The molecule has 0 saturated carbocycles. The van der Waals surface area contributed by atoms with E-state index in [2.05, 4.69) is 0 Å². The monoisotopic (exact) mass is 278 g/mol. The van der Waals surface area contributed by atoms with Crippen molar-refractivity contribution in [2.24, 2.45) is 5.92 Å². The molecule has 0 heterocycles. The SMILES string of the molecule is CCCC(F)(F)[SiH2]CCC(C)C[Si](F)(F)F. The summed E-state index contributed by atoms with van der Waals surface area (Å²) in [5.41, 5.74) is -2.57. The minimum atomic E-state index is -5.50. The van der Waals surface area contributed by atoms with E-state index in [0.717, 1.165) is 0 Å². The maximum atomic E-state index is 13.1. The number of alkyl halides is 2. The molecule has 98 valence electrons. The molecular formula is C9H19F5Si2. The second kappa shape index (κ2) is 6.73. The maximum Gasteiger partial charge on any atom is 0.616 e. The molecule has 1 atom stereocenters. The zero-order valence-electron chi connectivity index (χ0n) is 9.71. The first-order valence-corrected chi connectivity index (χ1v) is 9.15. The highest BCUT2D eigenvalue weighted by atomic mass is 28.5. The summed E-state index contributed by atoms with van der Waals surface area (Å²) in [4.78, 5) is 0. The lowest BCUT2D eigenvalue weighted by Crippen LogP contribution is -2.25. The highest BCUT2D eigenvalue weighted by molar-refractivity contribution is 6.58. The zero-order chi connectivity index (χ0) is 12.8. The molecule has 0 fully saturated rings. The van der Waals surface area contributed by atoms with Gasteiger partial charge in [0, 0.05) is 12.5 Å². The van der Waals surface area contributed by atoms with Crippen LogP contribution in [0.3, 0.4) is 0 Å². The van der Waals surface area contributed by atoms with Crippen LogP contribution in [0.1, 0.15) is 33.1 Å². The van der Waals surface area contributed by atoms with Crippen molar-refractivity contribution >= 4 is 18.6 Å². The fourth-order valence-corrected chi connectivity index (χ4v) is 4.71. The molecule has 0 aromatic carbocycles. The van der Waals surface area contributed by atoms with Gasteiger partial charge < -0.3 is 0 Å². The van der Waals surface area contributed by atoms with Gasteiger partial charge >= 0.3 is 9.08 Å². The van der Waals surface area contributed by atoms with Crippen molar-refractivity contribution in [2.45, 2.75) is 50.7 Å². The summed E-state index contributed by atoms with van der Waals surface area (Å²) in [5, 5.41) is 0. The highest BCUT2D eigenvalue weighted by Gasteiger charge is 2.38. The lowest BCUT2D eigenvalue weighted by Gasteiger charge is -2.16. The van der Waals surface area contributed by atoms with Gasteiger partial charge in [-0.15, -0.1) is 0 Å². The van der Waals surface area contributed by atoms with Gasteiger partial charge in [-0.1, -0.05) is 32.7 Å². The molecule has 0 rings (SSSR count). The summed E-state index contributed by atoms with van der Waals surface area (Å²) in [6.07, 6.45) is 0.630. The molecule has 1 unspecified atom stereocenters. The number of hydrogen-bond acceptors (Lipinski definition) is 0. The van der Waals surface area contributed by atoms with E-state index in [0.29, 0.717) is 18.9 Å². The predicted molar refractivity (Wildman–Crippen MR) is 60.9 cm³/mol. The Balaban J connectivity index is 3.73. The third-order valence-corrected chi connectivity index (χ3v) is 5.44. The molecule has 0 aliphatic carbocycles. The molecule has 0 aliphatic heterocycles. The Morgan fingerprint density at radius 1 is 1.25 bits per heavy atom. The first-order chi connectivity index (χ1) is 7.16. The van der Waals surface area contributed by atoms with Gasteiger partial charge in [0.25, 0.3) is 0 Å². The van der Waals surface area contributed by atoms with E-state index >= 15 is 0 Å². The molecule has 0 aromatic rings. The third-order valence-electron chi connectivity index (χ3n) is 2.44. The van der Waals surface area contributed by atoms with Gasteiger partial charge in [-0.2, -0.15) is 0 Å². The Hall–Kier alpha value is 0.0838. The Morgan fingerprint density at radius 3 is 2.25 bits per heavy atom. The second-order valence-electron chi connectivity index (χ2n) is 4.42. The number of rotatable bonds is 8. The Labute approximate surface area is 97.0 Å². The second-order valence-corrected chi connectivity index (χ2v) is 8.30. The summed E-state index contributed by atoms with van der Waals surface area (Å²) < 4.78 is 62.4.